The number of nitrogens with zero attached hydrogens (tertiary/aromatic N) is 1. The van der Waals surface area contributed by atoms with Gasteiger partial charge in [0.05, 0.1) is 4.92 Å². The Morgan fingerprint density at radius 1 is 1.25 bits per heavy atom. The highest BCUT2D eigenvalue weighted by Crippen LogP contribution is 2.20. The number of esters is 1. The van der Waals surface area contributed by atoms with Gasteiger partial charge in [-0.05, 0) is 29.8 Å². The first-order valence-corrected chi connectivity index (χ1v) is 7.99. The Morgan fingerprint density at radius 2 is 1.96 bits per heavy atom. The molecule has 0 fully saturated rings. The van der Waals surface area contributed by atoms with E-state index in [1.165, 1.54) is 37.3 Å². The van der Waals surface area contributed by atoms with E-state index < -0.39 is 40.3 Å². The maximum absolute atomic E-state index is 13.4. The van der Waals surface area contributed by atoms with Crippen molar-refractivity contribution in [3.63, 3.8) is 0 Å². The summed E-state index contributed by atoms with van der Waals surface area (Å²) in [5, 5.41) is 13.2. The molecule has 0 bridgehead atoms. The molecule has 0 unspecified atom stereocenters. The van der Waals surface area contributed by atoms with Crippen LogP contribution in [0.5, 0.6) is 5.75 Å². The number of rotatable bonds is 7. The topological polar surface area (TPSA) is 142 Å². The van der Waals surface area contributed by atoms with Crippen LogP contribution in [0.25, 0.3) is 0 Å². The molecule has 2 aromatic carbocycles. The summed E-state index contributed by atoms with van der Waals surface area (Å²) in [4.78, 5) is 45.0. The number of hydrogen-bond acceptors (Lipinski definition) is 6. The van der Waals surface area contributed by atoms with Crippen LogP contribution in [0.3, 0.4) is 0 Å². The number of amides is 2. The Kier molecular flexibility index (Phi) is 6.38. The minimum Gasteiger partial charge on any atom is -0.427 e. The molecule has 0 aliphatic carbocycles. The predicted octanol–water partition coefficient (Wildman–Crippen LogP) is 1.49. The molecule has 3 N–H and O–H groups in total. The lowest BCUT2D eigenvalue weighted by molar-refractivity contribution is -0.387. The van der Waals surface area contributed by atoms with E-state index in [0.717, 1.165) is 12.1 Å². The molecular weight excluding hydrogens is 373 g/mol. The van der Waals surface area contributed by atoms with E-state index in [1.807, 2.05) is 0 Å². The summed E-state index contributed by atoms with van der Waals surface area (Å²) in [7, 11) is 0. The van der Waals surface area contributed by atoms with E-state index in [0.29, 0.717) is 0 Å². The first-order valence-electron chi connectivity index (χ1n) is 7.99. The average Bonchev–Trinajstić information content (AvgIpc) is 2.61. The highest BCUT2D eigenvalue weighted by Gasteiger charge is 2.22. The molecule has 2 amide bonds. The van der Waals surface area contributed by atoms with Crippen LogP contribution in [0, 0.1) is 15.9 Å². The fourth-order valence-corrected chi connectivity index (χ4v) is 2.39. The summed E-state index contributed by atoms with van der Waals surface area (Å²) in [6.07, 6.45) is -0.175. The third-order valence-electron chi connectivity index (χ3n) is 3.65. The fraction of sp³-hybridized carbons (Fsp3) is 0.167. The predicted molar refractivity (Wildman–Crippen MR) is 95.0 cm³/mol. The van der Waals surface area contributed by atoms with E-state index in [4.69, 9.17) is 10.5 Å². The van der Waals surface area contributed by atoms with Gasteiger partial charge in [-0.2, -0.15) is 4.39 Å². The van der Waals surface area contributed by atoms with Gasteiger partial charge in [0.15, 0.2) is 0 Å². The summed E-state index contributed by atoms with van der Waals surface area (Å²) >= 11 is 0. The summed E-state index contributed by atoms with van der Waals surface area (Å²) < 4.78 is 18.3. The molecule has 0 heterocycles. The monoisotopic (exact) mass is 389 g/mol. The molecule has 0 radical (unpaired) electrons. The lowest BCUT2D eigenvalue weighted by atomic mass is 10.0. The van der Waals surface area contributed by atoms with E-state index in [9.17, 15) is 28.9 Å². The van der Waals surface area contributed by atoms with Gasteiger partial charge in [0, 0.05) is 25.0 Å². The van der Waals surface area contributed by atoms with Crippen molar-refractivity contribution < 1.29 is 28.4 Å². The Hall–Kier alpha value is -3.82. The van der Waals surface area contributed by atoms with Gasteiger partial charge in [-0.1, -0.05) is 12.1 Å². The van der Waals surface area contributed by atoms with Crippen LogP contribution in [0.2, 0.25) is 0 Å². The van der Waals surface area contributed by atoms with Gasteiger partial charge in [-0.25, -0.2) is 0 Å². The zero-order chi connectivity index (χ0) is 20.8. The fourth-order valence-electron chi connectivity index (χ4n) is 2.39. The number of benzene rings is 2. The van der Waals surface area contributed by atoms with Gasteiger partial charge in [0.2, 0.25) is 11.7 Å². The minimum absolute atomic E-state index is 0.107. The summed E-state index contributed by atoms with van der Waals surface area (Å²) in [6, 6.07) is 7.62. The van der Waals surface area contributed by atoms with Crippen LogP contribution in [0.1, 0.15) is 22.8 Å². The van der Waals surface area contributed by atoms with Crippen molar-refractivity contribution >= 4 is 23.5 Å². The zero-order valence-corrected chi connectivity index (χ0v) is 14.7. The van der Waals surface area contributed by atoms with Crippen molar-refractivity contribution in [2.24, 2.45) is 5.73 Å². The quantitative estimate of drug-likeness (QED) is 0.318. The summed E-state index contributed by atoms with van der Waals surface area (Å²) in [5.41, 5.74) is 4.90. The second kappa shape index (κ2) is 8.71. The molecule has 9 nitrogen and oxygen atoms in total. The molecule has 0 aromatic heterocycles. The molecule has 146 valence electrons. The van der Waals surface area contributed by atoms with Crippen molar-refractivity contribution in [3.05, 3.63) is 69.5 Å². The van der Waals surface area contributed by atoms with Crippen molar-refractivity contribution in [3.8, 4) is 5.75 Å². The molecule has 2 aromatic rings. The van der Waals surface area contributed by atoms with E-state index in [1.54, 1.807) is 0 Å². The Morgan fingerprint density at radius 3 is 2.57 bits per heavy atom. The van der Waals surface area contributed by atoms with E-state index >= 15 is 0 Å². The van der Waals surface area contributed by atoms with E-state index in [2.05, 4.69) is 5.32 Å². The highest BCUT2D eigenvalue weighted by atomic mass is 19.1. The summed E-state index contributed by atoms with van der Waals surface area (Å²) in [5.74, 6) is -2.99. The van der Waals surface area contributed by atoms with Gasteiger partial charge < -0.3 is 15.8 Å². The maximum Gasteiger partial charge on any atom is 0.308 e. The molecule has 10 heteroatoms. The molecule has 2 rings (SSSR count). The number of carbonyl (C=O) groups excluding carboxylic acids is 3. The Bertz CT molecular complexity index is 947. The number of nitrogens with one attached hydrogen (secondary N) is 1. The molecule has 0 saturated heterocycles. The van der Waals surface area contributed by atoms with Crippen molar-refractivity contribution in [2.75, 3.05) is 0 Å². The molecule has 0 aliphatic heterocycles. The van der Waals surface area contributed by atoms with Crippen molar-refractivity contribution in [1.29, 1.82) is 0 Å². The van der Waals surface area contributed by atoms with Gasteiger partial charge in [0.1, 0.15) is 11.8 Å². The summed E-state index contributed by atoms with van der Waals surface area (Å²) in [6.45, 7) is 1.21. The number of primary amides is 1. The number of hydrogen-bond donors (Lipinski definition) is 2. The Balaban J connectivity index is 2.18. The Labute approximate surface area is 158 Å². The third-order valence-corrected chi connectivity index (χ3v) is 3.65. The maximum atomic E-state index is 13.4. The largest absolute Gasteiger partial charge is 0.427 e. The average molecular weight is 389 g/mol. The molecular formula is C18H16FN3O6. The number of ether oxygens (including phenoxy) is 1. The van der Waals surface area contributed by atoms with Gasteiger partial charge in [-0.3, -0.25) is 24.5 Å². The molecule has 1 atom stereocenters. The number of halogens is 1. The lowest BCUT2D eigenvalue weighted by Crippen LogP contribution is -2.45. The number of carbonyl (C=O) groups is 3. The molecule has 0 aliphatic rings. The number of nitrogens with two attached hydrogens (primary N) is 1. The third kappa shape index (κ3) is 5.34. The zero-order valence-electron chi connectivity index (χ0n) is 14.7. The second-order valence-electron chi connectivity index (χ2n) is 5.80. The van der Waals surface area contributed by atoms with Crippen LogP contribution in [-0.2, 0) is 16.0 Å². The number of nitro benzene ring substituents is 1. The normalized spacial score (nSPS) is 11.4. The standard InChI is InChI=1S/C18H16FN3O6/c1-10(23)28-13-4-2-3-12(9-13)18(25)21-15(17(20)24)7-11-5-6-14(19)16(8-11)22(26)27/h2-6,8-9,15H,7H2,1H3,(H2,20,24)(H,21,25)/t15-/m0/s1. The highest BCUT2D eigenvalue weighted by molar-refractivity contribution is 5.97. The van der Waals surface area contributed by atoms with Crippen LogP contribution in [-0.4, -0.2) is 28.7 Å². The van der Waals surface area contributed by atoms with Gasteiger partial charge in [-0.15, -0.1) is 0 Å². The first-order chi connectivity index (χ1) is 13.2. The van der Waals surface area contributed by atoms with Crippen LogP contribution in [0.4, 0.5) is 10.1 Å². The minimum atomic E-state index is -1.20. The molecule has 0 spiro atoms. The van der Waals surface area contributed by atoms with Crippen LogP contribution in [0.15, 0.2) is 42.5 Å². The van der Waals surface area contributed by atoms with Crippen LogP contribution < -0.4 is 15.8 Å². The van der Waals surface area contributed by atoms with E-state index in [-0.39, 0.29) is 23.3 Å². The SMILES string of the molecule is CC(=O)Oc1cccc(C(=O)N[C@@H](Cc2ccc(F)c([N+](=O)[O-])c2)C(N)=O)c1. The molecule has 28 heavy (non-hydrogen) atoms. The molecule has 0 saturated carbocycles. The van der Waals surface area contributed by atoms with Crippen molar-refractivity contribution in [2.45, 2.75) is 19.4 Å². The number of nitro groups is 1. The van der Waals surface area contributed by atoms with Gasteiger partial charge >= 0.3 is 11.7 Å². The van der Waals surface area contributed by atoms with Gasteiger partial charge in [0.25, 0.3) is 5.91 Å². The first kappa shape index (κ1) is 20.5. The second-order valence-corrected chi connectivity index (χ2v) is 5.80. The lowest BCUT2D eigenvalue weighted by Gasteiger charge is -2.16. The van der Waals surface area contributed by atoms with Crippen LogP contribution >= 0.6 is 0 Å². The smallest absolute Gasteiger partial charge is 0.308 e. The van der Waals surface area contributed by atoms with Crippen molar-refractivity contribution in [1.82, 2.24) is 5.32 Å².